The van der Waals surface area contributed by atoms with Crippen LogP contribution in [0.5, 0.6) is 0 Å². The highest BCUT2D eigenvalue weighted by Gasteiger charge is 2.19. The average Bonchev–Trinajstić information content (AvgIpc) is 3.09. The van der Waals surface area contributed by atoms with Crippen LogP contribution in [0.1, 0.15) is 54.4 Å². The van der Waals surface area contributed by atoms with Crippen LogP contribution >= 0.6 is 0 Å². The maximum absolute atomic E-state index is 12.7. The molecule has 1 aromatic carbocycles. The molecule has 1 aromatic heterocycles. The summed E-state index contributed by atoms with van der Waals surface area (Å²) in [6, 6.07) is 9.64. The van der Waals surface area contributed by atoms with E-state index in [0.29, 0.717) is 17.6 Å². The van der Waals surface area contributed by atoms with Crippen molar-refractivity contribution >= 4 is 17.5 Å². The normalized spacial score (nSPS) is 14.2. The van der Waals surface area contributed by atoms with E-state index in [1.165, 1.54) is 0 Å². The molecule has 126 valence electrons. The van der Waals surface area contributed by atoms with Gasteiger partial charge in [0, 0.05) is 24.5 Å². The van der Waals surface area contributed by atoms with Gasteiger partial charge in [-0.3, -0.25) is 4.79 Å². The summed E-state index contributed by atoms with van der Waals surface area (Å²) in [5.41, 5.74) is 3.20. The third kappa shape index (κ3) is 3.55. The van der Waals surface area contributed by atoms with Gasteiger partial charge in [0.15, 0.2) is 0 Å². The molecule has 0 bridgehead atoms. The van der Waals surface area contributed by atoms with E-state index < -0.39 is 0 Å². The predicted molar refractivity (Wildman–Crippen MR) is 96.7 cm³/mol. The zero-order valence-electron chi connectivity index (χ0n) is 14.5. The standard InChI is InChI=1S/C19H24N4O/c1-13(2)15-8-4-5-9-16(15)21-18(24)17-12-14(3)20-19(22-17)23-10-6-7-11-23/h4-5,8-9,12-13H,6-7,10-11H2,1-3H3,(H,21,24). The third-order valence-corrected chi connectivity index (χ3v) is 4.29. The lowest BCUT2D eigenvalue weighted by Gasteiger charge is -2.17. The largest absolute Gasteiger partial charge is 0.341 e. The number of nitrogens with zero attached hydrogens (tertiary/aromatic N) is 3. The number of nitrogens with one attached hydrogen (secondary N) is 1. The zero-order valence-corrected chi connectivity index (χ0v) is 14.5. The second-order valence-corrected chi connectivity index (χ2v) is 6.58. The molecule has 0 radical (unpaired) electrons. The van der Waals surface area contributed by atoms with E-state index in [2.05, 4.69) is 34.0 Å². The van der Waals surface area contributed by atoms with Crippen LogP contribution in [0.15, 0.2) is 30.3 Å². The number of benzene rings is 1. The molecular formula is C19H24N4O. The summed E-state index contributed by atoms with van der Waals surface area (Å²) in [6.07, 6.45) is 2.31. The highest BCUT2D eigenvalue weighted by molar-refractivity contribution is 6.03. The Bertz CT molecular complexity index is 736. The van der Waals surface area contributed by atoms with Gasteiger partial charge in [0.1, 0.15) is 5.69 Å². The number of aryl methyl sites for hydroxylation is 1. The first-order valence-electron chi connectivity index (χ1n) is 8.55. The predicted octanol–water partition coefficient (Wildman–Crippen LogP) is 3.76. The minimum Gasteiger partial charge on any atom is -0.341 e. The van der Waals surface area contributed by atoms with Gasteiger partial charge in [-0.25, -0.2) is 9.97 Å². The van der Waals surface area contributed by atoms with Crippen molar-refractivity contribution in [3.8, 4) is 0 Å². The average molecular weight is 324 g/mol. The number of anilines is 2. The van der Waals surface area contributed by atoms with Crippen LogP contribution in [0.4, 0.5) is 11.6 Å². The molecule has 0 spiro atoms. The number of carbonyl (C=O) groups excluding carboxylic acids is 1. The fraction of sp³-hybridized carbons (Fsp3) is 0.421. The monoisotopic (exact) mass is 324 g/mol. The molecule has 0 atom stereocenters. The number of carbonyl (C=O) groups is 1. The van der Waals surface area contributed by atoms with Crippen LogP contribution in [0.25, 0.3) is 0 Å². The number of hydrogen-bond donors (Lipinski definition) is 1. The molecule has 1 saturated heterocycles. The van der Waals surface area contributed by atoms with E-state index >= 15 is 0 Å². The lowest BCUT2D eigenvalue weighted by Crippen LogP contribution is -2.23. The Hall–Kier alpha value is -2.43. The van der Waals surface area contributed by atoms with Crippen molar-refractivity contribution < 1.29 is 4.79 Å². The number of aromatic nitrogens is 2. The molecule has 0 aliphatic carbocycles. The minimum absolute atomic E-state index is 0.186. The first-order chi connectivity index (χ1) is 11.5. The van der Waals surface area contributed by atoms with Gasteiger partial charge < -0.3 is 10.2 Å². The summed E-state index contributed by atoms with van der Waals surface area (Å²) in [4.78, 5) is 23.8. The van der Waals surface area contributed by atoms with Gasteiger partial charge in [0.2, 0.25) is 5.95 Å². The van der Waals surface area contributed by atoms with Crippen molar-refractivity contribution in [1.82, 2.24) is 9.97 Å². The highest BCUT2D eigenvalue weighted by atomic mass is 16.1. The SMILES string of the molecule is Cc1cc(C(=O)Nc2ccccc2C(C)C)nc(N2CCCC2)n1. The van der Waals surface area contributed by atoms with E-state index in [4.69, 9.17) is 0 Å². The molecular weight excluding hydrogens is 300 g/mol. The molecule has 3 rings (SSSR count). The first-order valence-corrected chi connectivity index (χ1v) is 8.55. The van der Waals surface area contributed by atoms with Crippen molar-refractivity contribution in [2.45, 2.75) is 39.5 Å². The Balaban J connectivity index is 1.85. The van der Waals surface area contributed by atoms with E-state index in [9.17, 15) is 4.79 Å². The highest BCUT2D eigenvalue weighted by Crippen LogP contribution is 2.24. The second-order valence-electron chi connectivity index (χ2n) is 6.58. The second kappa shape index (κ2) is 6.99. The molecule has 2 aromatic rings. The minimum atomic E-state index is -0.186. The fourth-order valence-electron chi connectivity index (χ4n) is 3.03. The maximum Gasteiger partial charge on any atom is 0.274 e. The van der Waals surface area contributed by atoms with E-state index in [-0.39, 0.29) is 5.91 Å². The van der Waals surface area contributed by atoms with Crippen LogP contribution in [0, 0.1) is 6.92 Å². The first kappa shape index (κ1) is 16.4. The summed E-state index contributed by atoms with van der Waals surface area (Å²) in [7, 11) is 0. The number of para-hydroxylation sites is 1. The van der Waals surface area contributed by atoms with Crippen LogP contribution < -0.4 is 10.2 Å². The molecule has 1 amide bonds. The quantitative estimate of drug-likeness (QED) is 0.930. The van der Waals surface area contributed by atoms with Crippen molar-refractivity contribution in [2.24, 2.45) is 0 Å². The summed E-state index contributed by atoms with van der Waals surface area (Å²) in [5, 5.41) is 3.01. The summed E-state index contributed by atoms with van der Waals surface area (Å²) >= 11 is 0. The molecule has 1 aliphatic heterocycles. The number of amides is 1. The van der Waals surface area contributed by atoms with Crippen molar-refractivity contribution in [1.29, 1.82) is 0 Å². The Labute approximate surface area is 143 Å². The maximum atomic E-state index is 12.7. The van der Waals surface area contributed by atoms with E-state index in [1.54, 1.807) is 6.07 Å². The Morgan fingerprint density at radius 1 is 1.17 bits per heavy atom. The van der Waals surface area contributed by atoms with Crippen LogP contribution in [-0.2, 0) is 0 Å². The van der Waals surface area contributed by atoms with Crippen molar-refractivity contribution in [3.05, 3.63) is 47.3 Å². The number of rotatable bonds is 4. The molecule has 0 saturated carbocycles. The van der Waals surface area contributed by atoms with Crippen LogP contribution in [-0.4, -0.2) is 29.0 Å². The van der Waals surface area contributed by atoms with E-state index in [0.717, 1.165) is 42.9 Å². The van der Waals surface area contributed by atoms with Crippen molar-refractivity contribution in [3.63, 3.8) is 0 Å². The van der Waals surface area contributed by atoms with Gasteiger partial charge in [-0.2, -0.15) is 0 Å². The fourth-order valence-corrected chi connectivity index (χ4v) is 3.03. The molecule has 5 nitrogen and oxygen atoms in total. The van der Waals surface area contributed by atoms with Gasteiger partial charge in [0.05, 0.1) is 0 Å². The van der Waals surface area contributed by atoms with Gasteiger partial charge in [0.25, 0.3) is 5.91 Å². The molecule has 1 N–H and O–H groups in total. The summed E-state index contributed by atoms with van der Waals surface area (Å²) in [5.74, 6) is 0.817. The summed E-state index contributed by atoms with van der Waals surface area (Å²) < 4.78 is 0. The molecule has 1 aliphatic rings. The molecule has 0 unspecified atom stereocenters. The molecule has 24 heavy (non-hydrogen) atoms. The Morgan fingerprint density at radius 2 is 1.88 bits per heavy atom. The lowest BCUT2D eigenvalue weighted by atomic mass is 10.0. The van der Waals surface area contributed by atoms with Gasteiger partial charge in [-0.15, -0.1) is 0 Å². The number of hydrogen-bond acceptors (Lipinski definition) is 4. The van der Waals surface area contributed by atoms with Gasteiger partial charge in [-0.1, -0.05) is 32.0 Å². The third-order valence-electron chi connectivity index (χ3n) is 4.29. The zero-order chi connectivity index (χ0) is 17.1. The molecule has 1 fully saturated rings. The smallest absolute Gasteiger partial charge is 0.274 e. The Kier molecular flexibility index (Phi) is 4.79. The van der Waals surface area contributed by atoms with Gasteiger partial charge in [-0.05, 0) is 43.4 Å². The van der Waals surface area contributed by atoms with Crippen molar-refractivity contribution in [2.75, 3.05) is 23.3 Å². The summed E-state index contributed by atoms with van der Waals surface area (Å²) in [6.45, 7) is 8.05. The van der Waals surface area contributed by atoms with Crippen LogP contribution in [0.2, 0.25) is 0 Å². The Morgan fingerprint density at radius 3 is 2.58 bits per heavy atom. The topological polar surface area (TPSA) is 58.1 Å². The van der Waals surface area contributed by atoms with Gasteiger partial charge >= 0.3 is 0 Å². The van der Waals surface area contributed by atoms with E-state index in [1.807, 2.05) is 31.2 Å². The molecule has 2 heterocycles. The van der Waals surface area contributed by atoms with Crippen LogP contribution in [0.3, 0.4) is 0 Å². The molecule has 5 heteroatoms. The lowest BCUT2D eigenvalue weighted by molar-refractivity contribution is 0.102.